The van der Waals surface area contributed by atoms with Crippen molar-refractivity contribution in [2.45, 2.75) is 43.7 Å². The predicted octanol–water partition coefficient (Wildman–Crippen LogP) is 4.25. The van der Waals surface area contributed by atoms with E-state index in [1.54, 1.807) is 0 Å². The van der Waals surface area contributed by atoms with E-state index < -0.39 is 15.9 Å². The zero-order chi connectivity index (χ0) is 22.6. The highest BCUT2D eigenvalue weighted by Gasteiger charge is 2.30. The van der Waals surface area contributed by atoms with Crippen molar-refractivity contribution in [3.63, 3.8) is 0 Å². The van der Waals surface area contributed by atoms with Crippen LogP contribution in [0.1, 0.15) is 48.7 Å². The number of halogens is 2. The van der Waals surface area contributed by atoms with Crippen molar-refractivity contribution in [2.75, 3.05) is 19.6 Å². The largest absolute Gasteiger partial charge is 0.350 e. The summed E-state index contributed by atoms with van der Waals surface area (Å²) in [4.78, 5) is 15.1. The monoisotopic (exact) mass is 483 g/mol. The maximum atomic E-state index is 13.0. The number of carbonyl (C=O) groups is 1. The first-order valence-electron chi connectivity index (χ1n) is 10.3. The molecule has 1 aliphatic carbocycles. The summed E-state index contributed by atoms with van der Waals surface area (Å²) in [6.45, 7) is 6.14. The summed E-state index contributed by atoms with van der Waals surface area (Å²) >= 11 is 12.4. The van der Waals surface area contributed by atoms with E-state index in [1.807, 2.05) is 30.3 Å². The van der Waals surface area contributed by atoms with Crippen molar-refractivity contribution < 1.29 is 13.2 Å². The third-order valence-electron chi connectivity index (χ3n) is 5.35. The highest BCUT2D eigenvalue weighted by atomic mass is 35.5. The molecule has 1 atom stereocenters. The molecule has 0 heterocycles. The minimum absolute atomic E-state index is 0.0139. The van der Waals surface area contributed by atoms with Gasteiger partial charge in [-0.15, -0.1) is 0 Å². The molecule has 0 saturated heterocycles. The van der Waals surface area contributed by atoms with Crippen LogP contribution in [-0.4, -0.2) is 44.9 Å². The first-order valence-corrected chi connectivity index (χ1v) is 12.6. The van der Waals surface area contributed by atoms with E-state index in [0.717, 1.165) is 31.5 Å². The third kappa shape index (κ3) is 5.99. The van der Waals surface area contributed by atoms with Crippen LogP contribution in [0.5, 0.6) is 0 Å². The van der Waals surface area contributed by atoms with Crippen molar-refractivity contribution in [3.05, 3.63) is 63.6 Å². The topological polar surface area (TPSA) is 78.5 Å². The average Bonchev–Trinajstić information content (AvgIpc) is 3.54. The van der Waals surface area contributed by atoms with E-state index in [9.17, 15) is 13.2 Å². The van der Waals surface area contributed by atoms with E-state index in [0.29, 0.717) is 6.54 Å². The molecule has 2 aromatic rings. The average molecular weight is 484 g/mol. The molecule has 1 saturated carbocycles. The first kappa shape index (κ1) is 24.0. The lowest BCUT2D eigenvalue weighted by Gasteiger charge is -2.30. The second-order valence-electron chi connectivity index (χ2n) is 7.52. The lowest BCUT2D eigenvalue weighted by Crippen LogP contribution is -2.38. The number of nitrogens with zero attached hydrogens (tertiary/aromatic N) is 1. The van der Waals surface area contributed by atoms with Gasteiger partial charge >= 0.3 is 0 Å². The number of rotatable bonds is 10. The van der Waals surface area contributed by atoms with Crippen LogP contribution in [-0.2, 0) is 10.0 Å². The van der Waals surface area contributed by atoms with Crippen molar-refractivity contribution in [1.82, 2.24) is 14.9 Å². The van der Waals surface area contributed by atoms with Crippen LogP contribution in [0.3, 0.4) is 0 Å². The zero-order valence-corrected chi connectivity index (χ0v) is 19.9. The Hall–Kier alpha value is -1.64. The highest BCUT2D eigenvalue weighted by Crippen LogP contribution is 2.31. The Balaban J connectivity index is 1.82. The van der Waals surface area contributed by atoms with E-state index in [-0.39, 0.29) is 32.6 Å². The number of likely N-dealkylation sites (N-methyl/N-ethyl adjacent to an activating group) is 1. The Morgan fingerprint density at radius 1 is 1.10 bits per heavy atom. The fourth-order valence-electron chi connectivity index (χ4n) is 3.48. The van der Waals surface area contributed by atoms with Gasteiger partial charge in [0.05, 0.1) is 21.7 Å². The normalized spacial score (nSPS) is 15.1. The standard InChI is InChI=1S/C22H27Cl2N3O3S/c1-3-27(4-2)20(15-8-6-5-7-9-15)14-25-22(28)17-12-21(19(24)13-18(17)23)31(29,30)26-16-10-11-16/h5-9,12-13,16,20,26H,3-4,10-11,14H2,1-2H3,(H,25,28). The van der Waals surface area contributed by atoms with Crippen molar-refractivity contribution in [3.8, 4) is 0 Å². The Labute approximate surface area is 194 Å². The summed E-state index contributed by atoms with van der Waals surface area (Å²) in [5.41, 5.74) is 1.17. The molecule has 0 bridgehead atoms. The molecule has 9 heteroatoms. The summed E-state index contributed by atoms with van der Waals surface area (Å²) in [6.07, 6.45) is 1.59. The number of sulfonamides is 1. The molecule has 168 valence electrons. The predicted molar refractivity (Wildman–Crippen MR) is 124 cm³/mol. The second kappa shape index (κ2) is 10.3. The molecule has 0 spiro atoms. The summed E-state index contributed by atoms with van der Waals surface area (Å²) in [7, 11) is -3.82. The Morgan fingerprint density at radius 3 is 2.32 bits per heavy atom. The number of benzene rings is 2. The van der Waals surface area contributed by atoms with Crippen LogP contribution in [0.2, 0.25) is 10.0 Å². The highest BCUT2D eigenvalue weighted by molar-refractivity contribution is 7.89. The lowest BCUT2D eigenvalue weighted by atomic mass is 10.0. The quantitative estimate of drug-likeness (QED) is 0.529. The Bertz CT molecular complexity index is 1020. The van der Waals surface area contributed by atoms with Crippen LogP contribution >= 0.6 is 23.2 Å². The van der Waals surface area contributed by atoms with Crippen LogP contribution < -0.4 is 10.0 Å². The lowest BCUT2D eigenvalue weighted by molar-refractivity contribution is 0.0935. The molecule has 1 unspecified atom stereocenters. The van der Waals surface area contributed by atoms with Gasteiger partial charge in [0, 0.05) is 12.6 Å². The van der Waals surface area contributed by atoms with Gasteiger partial charge in [-0.05, 0) is 43.6 Å². The van der Waals surface area contributed by atoms with Gasteiger partial charge in [-0.1, -0.05) is 67.4 Å². The second-order valence-corrected chi connectivity index (χ2v) is 10.0. The minimum atomic E-state index is -3.82. The summed E-state index contributed by atoms with van der Waals surface area (Å²) < 4.78 is 27.8. The number of hydrogen-bond acceptors (Lipinski definition) is 4. The fraction of sp³-hybridized carbons (Fsp3) is 0.409. The third-order valence-corrected chi connectivity index (χ3v) is 7.65. The first-order chi connectivity index (χ1) is 14.8. The van der Waals surface area contributed by atoms with Crippen molar-refractivity contribution in [2.24, 2.45) is 0 Å². The Kier molecular flexibility index (Phi) is 7.99. The minimum Gasteiger partial charge on any atom is -0.350 e. The van der Waals surface area contributed by atoms with Crippen molar-refractivity contribution in [1.29, 1.82) is 0 Å². The molecule has 6 nitrogen and oxygen atoms in total. The van der Waals surface area contributed by atoms with E-state index in [1.165, 1.54) is 12.1 Å². The van der Waals surface area contributed by atoms with Crippen LogP contribution in [0.25, 0.3) is 0 Å². The molecule has 2 N–H and O–H groups in total. The maximum Gasteiger partial charge on any atom is 0.252 e. The molecule has 2 aromatic carbocycles. The van der Waals surface area contributed by atoms with Crippen LogP contribution in [0.4, 0.5) is 0 Å². The van der Waals surface area contributed by atoms with E-state index >= 15 is 0 Å². The van der Waals surface area contributed by atoms with Crippen LogP contribution in [0.15, 0.2) is 47.4 Å². The van der Waals surface area contributed by atoms with Gasteiger partial charge in [-0.2, -0.15) is 0 Å². The number of hydrogen-bond donors (Lipinski definition) is 2. The molecule has 0 aliphatic heterocycles. The molecule has 3 rings (SSSR count). The van der Waals surface area contributed by atoms with Gasteiger partial charge in [-0.3, -0.25) is 9.69 Å². The maximum absolute atomic E-state index is 13.0. The molecular formula is C22H27Cl2N3O3S. The Morgan fingerprint density at radius 2 is 1.74 bits per heavy atom. The van der Waals surface area contributed by atoms with Crippen molar-refractivity contribution >= 4 is 39.1 Å². The van der Waals surface area contributed by atoms with Gasteiger partial charge in [0.1, 0.15) is 4.90 Å². The number of carbonyl (C=O) groups excluding carboxylic acids is 1. The molecule has 1 aliphatic rings. The number of nitrogens with one attached hydrogen (secondary N) is 2. The molecule has 0 aromatic heterocycles. The molecule has 31 heavy (non-hydrogen) atoms. The van der Waals surface area contributed by atoms with Gasteiger partial charge in [-0.25, -0.2) is 13.1 Å². The summed E-state index contributed by atoms with van der Waals surface area (Å²) in [5.74, 6) is -0.447. The summed E-state index contributed by atoms with van der Waals surface area (Å²) in [6, 6.07) is 12.4. The SMILES string of the molecule is CCN(CC)C(CNC(=O)c1cc(S(=O)(=O)NC2CC2)c(Cl)cc1Cl)c1ccccc1. The zero-order valence-electron chi connectivity index (χ0n) is 17.6. The smallest absolute Gasteiger partial charge is 0.252 e. The molecular weight excluding hydrogens is 457 g/mol. The molecule has 1 fully saturated rings. The van der Waals surface area contributed by atoms with Gasteiger partial charge in [0.25, 0.3) is 5.91 Å². The van der Waals surface area contributed by atoms with Gasteiger partial charge in [0.15, 0.2) is 0 Å². The van der Waals surface area contributed by atoms with Gasteiger partial charge in [0.2, 0.25) is 10.0 Å². The molecule has 0 radical (unpaired) electrons. The number of amides is 1. The van der Waals surface area contributed by atoms with E-state index in [4.69, 9.17) is 23.2 Å². The summed E-state index contributed by atoms with van der Waals surface area (Å²) in [5, 5.41) is 3.01. The van der Waals surface area contributed by atoms with Crippen LogP contribution in [0, 0.1) is 0 Å². The fourth-order valence-corrected chi connectivity index (χ4v) is 5.64. The molecule has 1 amide bonds. The van der Waals surface area contributed by atoms with Gasteiger partial charge < -0.3 is 5.32 Å². The van der Waals surface area contributed by atoms with E-state index in [2.05, 4.69) is 28.8 Å².